The minimum absolute atomic E-state index is 0.0741. The number of hydrogen-bond donors (Lipinski definition) is 1. The topological polar surface area (TPSA) is 64.6 Å². The van der Waals surface area contributed by atoms with Crippen LogP contribution in [0.1, 0.15) is 5.56 Å². The molecule has 1 N–H and O–H groups in total. The van der Waals surface area contributed by atoms with Gasteiger partial charge in [-0.3, -0.25) is 4.79 Å². The lowest BCUT2D eigenvalue weighted by molar-refractivity contribution is -0.135. The second-order valence-electron chi connectivity index (χ2n) is 3.59. The van der Waals surface area contributed by atoms with E-state index >= 15 is 0 Å². The van der Waals surface area contributed by atoms with Crippen molar-refractivity contribution in [2.24, 2.45) is 0 Å². The molecule has 1 aliphatic rings. The summed E-state index contributed by atoms with van der Waals surface area (Å²) in [5.41, 5.74) is 1.58. The van der Waals surface area contributed by atoms with Gasteiger partial charge in [-0.25, -0.2) is 4.79 Å². The second-order valence-corrected chi connectivity index (χ2v) is 3.59. The average Bonchev–Trinajstić information content (AvgIpc) is 2.30. The molecule has 0 aromatic heterocycles. The maximum absolute atomic E-state index is 11.6. The molecule has 0 atom stereocenters. The monoisotopic (exact) mass is 233 g/mol. The highest BCUT2D eigenvalue weighted by Crippen LogP contribution is 2.31. The van der Waals surface area contributed by atoms with E-state index in [1.54, 1.807) is 12.1 Å². The number of rotatable bonds is 1. The Bertz CT molecular complexity index is 519. The third-order valence-corrected chi connectivity index (χ3v) is 2.28. The molecule has 0 bridgehead atoms. The van der Waals surface area contributed by atoms with Crippen molar-refractivity contribution in [3.05, 3.63) is 35.6 Å². The Labute approximate surface area is 98.0 Å². The fourth-order valence-electron chi connectivity index (χ4n) is 1.43. The van der Waals surface area contributed by atoms with Crippen LogP contribution in [-0.2, 0) is 14.3 Å². The van der Waals surface area contributed by atoms with Crippen LogP contribution in [0.25, 0.3) is 0 Å². The summed E-state index contributed by atoms with van der Waals surface area (Å²) in [6, 6.07) is 5.38. The predicted octanol–water partition coefficient (Wildman–Crippen LogP) is 1.38. The lowest BCUT2D eigenvalue weighted by atomic mass is 10.2. The smallest absolute Gasteiger partial charge is 0.334 e. The van der Waals surface area contributed by atoms with Gasteiger partial charge in [-0.1, -0.05) is 6.07 Å². The zero-order valence-electron chi connectivity index (χ0n) is 9.44. The molecule has 0 saturated carbocycles. The van der Waals surface area contributed by atoms with Gasteiger partial charge >= 0.3 is 5.97 Å². The Hall–Kier alpha value is -2.30. The first-order chi connectivity index (χ1) is 8.10. The van der Waals surface area contributed by atoms with E-state index in [0.717, 1.165) is 11.6 Å². The zero-order valence-corrected chi connectivity index (χ0v) is 9.44. The van der Waals surface area contributed by atoms with Crippen molar-refractivity contribution in [2.75, 3.05) is 12.4 Å². The minimum atomic E-state index is -0.633. The molecule has 1 aliphatic heterocycles. The molecular formula is C12H11NO4. The van der Waals surface area contributed by atoms with Crippen LogP contribution in [-0.4, -0.2) is 19.0 Å². The molecule has 0 saturated heterocycles. The number of aryl methyl sites for hydroxylation is 1. The number of carbonyl (C=O) groups excluding carboxylic acids is 2. The SMILES string of the molecule is COC(=O)/C=C1/Oc2cc(C)ccc2NC1=O. The van der Waals surface area contributed by atoms with E-state index in [1.807, 2.05) is 13.0 Å². The fourth-order valence-corrected chi connectivity index (χ4v) is 1.43. The van der Waals surface area contributed by atoms with E-state index in [2.05, 4.69) is 10.1 Å². The lowest BCUT2D eigenvalue weighted by Crippen LogP contribution is -2.24. The quantitative estimate of drug-likeness (QED) is 0.588. The second kappa shape index (κ2) is 4.29. The van der Waals surface area contributed by atoms with Crippen LogP contribution in [0, 0.1) is 6.92 Å². The van der Waals surface area contributed by atoms with E-state index in [-0.39, 0.29) is 5.76 Å². The molecule has 1 heterocycles. The van der Waals surface area contributed by atoms with Crippen molar-refractivity contribution in [1.82, 2.24) is 0 Å². The number of amides is 1. The summed E-state index contributed by atoms with van der Waals surface area (Å²) in [5.74, 6) is -0.660. The van der Waals surface area contributed by atoms with Crippen molar-refractivity contribution in [3.8, 4) is 5.75 Å². The molecule has 0 unspecified atom stereocenters. The molecule has 1 aromatic rings. The Morgan fingerprint density at radius 3 is 2.94 bits per heavy atom. The van der Waals surface area contributed by atoms with Crippen LogP contribution in [0.3, 0.4) is 0 Å². The van der Waals surface area contributed by atoms with Crippen LogP contribution in [0.15, 0.2) is 30.0 Å². The normalized spacial score (nSPS) is 15.9. The Kier molecular flexibility index (Phi) is 2.82. The summed E-state index contributed by atoms with van der Waals surface area (Å²) < 4.78 is 9.78. The van der Waals surface area contributed by atoms with Crippen LogP contribution < -0.4 is 10.1 Å². The third kappa shape index (κ3) is 2.28. The number of anilines is 1. The number of hydrogen-bond acceptors (Lipinski definition) is 4. The number of carbonyl (C=O) groups is 2. The summed E-state index contributed by atoms with van der Waals surface area (Å²) in [4.78, 5) is 22.6. The number of esters is 1. The minimum Gasteiger partial charge on any atom is -0.466 e. The predicted molar refractivity (Wildman–Crippen MR) is 60.5 cm³/mol. The third-order valence-electron chi connectivity index (χ3n) is 2.28. The molecule has 1 aromatic carbocycles. The van der Waals surface area contributed by atoms with Gasteiger partial charge in [0.1, 0.15) is 0 Å². The Morgan fingerprint density at radius 1 is 1.47 bits per heavy atom. The molecule has 5 heteroatoms. The number of benzene rings is 1. The van der Waals surface area contributed by atoms with Gasteiger partial charge in [-0.05, 0) is 24.6 Å². The zero-order chi connectivity index (χ0) is 12.4. The van der Waals surface area contributed by atoms with Gasteiger partial charge in [0.25, 0.3) is 5.91 Å². The van der Waals surface area contributed by atoms with Gasteiger partial charge in [-0.2, -0.15) is 0 Å². The maximum atomic E-state index is 11.6. The molecular weight excluding hydrogens is 222 g/mol. The van der Waals surface area contributed by atoms with E-state index in [9.17, 15) is 9.59 Å². The van der Waals surface area contributed by atoms with E-state index in [4.69, 9.17) is 4.74 Å². The Morgan fingerprint density at radius 2 is 2.24 bits per heavy atom. The number of ether oxygens (including phenoxy) is 2. The standard InChI is InChI=1S/C12H11NO4/c1-7-3-4-8-9(5-7)17-10(12(15)13-8)6-11(14)16-2/h3-6H,1-2H3,(H,13,15)/b10-6+. The molecule has 88 valence electrons. The lowest BCUT2D eigenvalue weighted by Gasteiger charge is -2.19. The summed E-state index contributed by atoms with van der Waals surface area (Å²) in [5, 5.41) is 2.63. The van der Waals surface area contributed by atoms with Crippen molar-refractivity contribution in [1.29, 1.82) is 0 Å². The molecule has 0 fully saturated rings. The first-order valence-corrected chi connectivity index (χ1v) is 4.99. The van der Waals surface area contributed by atoms with Crippen molar-refractivity contribution in [2.45, 2.75) is 6.92 Å². The first-order valence-electron chi connectivity index (χ1n) is 4.99. The fraction of sp³-hybridized carbons (Fsp3) is 0.167. The van der Waals surface area contributed by atoms with Gasteiger partial charge in [-0.15, -0.1) is 0 Å². The largest absolute Gasteiger partial charge is 0.466 e. The van der Waals surface area contributed by atoms with Crippen molar-refractivity contribution >= 4 is 17.6 Å². The molecule has 2 rings (SSSR count). The van der Waals surface area contributed by atoms with Gasteiger partial charge < -0.3 is 14.8 Å². The van der Waals surface area contributed by atoms with Crippen molar-refractivity contribution < 1.29 is 19.1 Å². The van der Waals surface area contributed by atoms with Crippen LogP contribution in [0.4, 0.5) is 5.69 Å². The van der Waals surface area contributed by atoms with Gasteiger partial charge in [0.15, 0.2) is 11.5 Å². The van der Waals surface area contributed by atoms with Gasteiger partial charge in [0.2, 0.25) is 0 Å². The molecule has 0 aliphatic carbocycles. The molecule has 1 amide bonds. The average molecular weight is 233 g/mol. The molecule has 5 nitrogen and oxygen atoms in total. The number of fused-ring (bicyclic) bond motifs is 1. The summed E-state index contributed by atoms with van der Waals surface area (Å²) in [6.45, 7) is 1.91. The van der Waals surface area contributed by atoms with E-state index < -0.39 is 11.9 Å². The molecule has 0 spiro atoms. The maximum Gasteiger partial charge on any atom is 0.334 e. The van der Waals surface area contributed by atoms with Crippen LogP contribution in [0.5, 0.6) is 5.75 Å². The highest BCUT2D eigenvalue weighted by molar-refractivity contribution is 6.08. The van der Waals surface area contributed by atoms with Crippen molar-refractivity contribution in [3.63, 3.8) is 0 Å². The molecule has 0 radical (unpaired) electrons. The van der Waals surface area contributed by atoms with Gasteiger partial charge in [0.05, 0.1) is 18.9 Å². The highest BCUT2D eigenvalue weighted by Gasteiger charge is 2.22. The summed E-state index contributed by atoms with van der Waals surface area (Å²) in [7, 11) is 1.23. The Balaban J connectivity index is 2.35. The highest BCUT2D eigenvalue weighted by atomic mass is 16.5. The molecule has 17 heavy (non-hydrogen) atoms. The summed E-state index contributed by atoms with van der Waals surface area (Å²) >= 11 is 0. The summed E-state index contributed by atoms with van der Waals surface area (Å²) in [6.07, 6.45) is 1.01. The first kappa shape index (κ1) is 11.2. The van der Waals surface area contributed by atoms with Crippen LogP contribution in [0.2, 0.25) is 0 Å². The van der Waals surface area contributed by atoms with E-state index in [1.165, 1.54) is 7.11 Å². The van der Waals surface area contributed by atoms with Crippen LogP contribution >= 0.6 is 0 Å². The number of methoxy groups -OCH3 is 1. The van der Waals surface area contributed by atoms with E-state index in [0.29, 0.717) is 11.4 Å². The van der Waals surface area contributed by atoms with Gasteiger partial charge in [0, 0.05) is 0 Å². The number of nitrogens with one attached hydrogen (secondary N) is 1.